The SMILES string of the molecule is CC(C)c1ccc([S+](c2ccc(I)cc2)c2ccc(I)c(I)c2)cc1. The zero-order valence-corrected chi connectivity index (χ0v) is 21.3. The molecule has 0 nitrogen and oxygen atoms in total. The van der Waals surface area contributed by atoms with Gasteiger partial charge >= 0.3 is 0 Å². The van der Waals surface area contributed by atoms with Crippen LogP contribution in [0.15, 0.2) is 81.4 Å². The van der Waals surface area contributed by atoms with E-state index in [0.717, 1.165) is 0 Å². The molecule has 3 aromatic rings. The molecular weight excluding hydrogens is 665 g/mol. The first-order valence-corrected chi connectivity index (χ1v) is 12.5. The number of hydrogen-bond donors (Lipinski definition) is 0. The number of rotatable bonds is 4. The molecule has 0 bridgehead atoms. The Morgan fingerprint density at radius 3 is 1.68 bits per heavy atom. The molecule has 1 atom stereocenters. The van der Waals surface area contributed by atoms with Crippen molar-refractivity contribution in [1.29, 1.82) is 0 Å². The van der Waals surface area contributed by atoms with E-state index in [2.05, 4.69) is 148 Å². The first-order valence-electron chi connectivity index (χ1n) is 8.00. The van der Waals surface area contributed by atoms with Gasteiger partial charge in [-0.05, 0) is 128 Å². The Balaban J connectivity index is 2.10. The Morgan fingerprint density at radius 1 is 0.640 bits per heavy atom. The minimum absolute atomic E-state index is 0.0744. The average Bonchev–Trinajstić information content (AvgIpc) is 2.60. The fourth-order valence-electron chi connectivity index (χ4n) is 2.57. The third-order valence-electron chi connectivity index (χ3n) is 3.96. The molecule has 0 aliphatic rings. The third-order valence-corrected chi connectivity index (χ3v) is 9.76. The smallest absolute Gasteiger partial charge is 0.0587 e. The molecule has 0 aliphatic carbocycles. The normalized spacial score (nSPS) is 12.4. The van der Waals surface area contributed by atoms with Crippen molar-refractivity contribution < 1.29 is 0 Å². The van der Waals surface area contributed by atoms with E-state index in [1.807, 2.05) is 0 Å². The summed E-state index contributed by atoms with van der Waals surface area (Å²) >= 11 is 7.21. The molecule has 0 heterocycles. The molecule has 0 saturated carbocycles. The molecule has 0 spiro atoms. The molecule has 4 heteroatoms. The lowest BCUT2D eigenvalue weighted by Crippen LogP contribution is -2.06. The van der Waals surface area contributed by atoms with E-state index in [9.17, 15) is 0 Å². The van der Waals surface area contributed by atoms with Gasteiger partial charge < -0.3 is 0 Å². The highest BCUT2D eigenvalue weighted by Gasteiger charge is 2.29. The lowest BCUT2D eigenvalue weighted by atomic mass is 10.0. The topological polar surface area (TPSA) is 0 Å². The summed E-state index contributed by atoms with van der Waals surface area (Å²) in [6.07, 6.45) is 0. The summed E-state index contributed by atoms with van der Waals surface area (Å²) in [7, 11) is -0.0744. The van der Waals surface area contributed by atoms with E-state index < -0.39 is 0 Å². The molecule has 0 radical (unpaired) electrons. The maximum absolute atomic E-state index is 2.44. The van der Waals surface area contributed by atoms with Crippen molar-refractivity contribution in [2.24, 2.45) is 0 Å². The van der Waals surface area contributed by atoms with E-state index >= 15 is 0 Å². The van der Waals surface area contributed by atoms with Gasteiger partial charge in [0.05, 0.1) is 10.9 Å². The van der Waals surface area contributed by atoms with Gasteiger partial charge in [-0.15, -0.1) is 0 Å². The largest absolute Gasteiger partial charge is 0.167 e. The Bertz CT molecular complexity index is 855. The van der Waals surface area contributed by atoms with Crippen LogP contribution in [0.25, 0.3) is 0 Å². The standard InChI is InChI=1S/C21H18I3S/c1-14(2)15-3-7-17(8-4-15)25(18-9-5-16(22)6-10-18)19-11-12-20(23)21(24)13-19/h3-14H,1-2H3/q+1. The first-order chi connectivity index (χ1) is 12.0. The molecule has 0 saturated heterocycles. The molecule has 3 aromatic carbocycles. The van der Waals surface area contributed by atoms with Crippen molar-refractivity contribution in [3.8, 4) is 0 Å². The molecule has 0 N–H and O–H groups in total. The van der Waals surface area contributed by atoms with Crippen molar-refractivity contribution >= 4 is 78.7 Å². The van der Waals surface area contributed by atoms with E-state index in [1.54, 1.807) is 0 Å². The molecule has 1 unspecified atom stereocenters. The molecule has 3 rings (SSSR count). The quantitative estimate of drug-likeness (QED) is 0.195. The van der Waals surface area contributed by atoms with Crippen LogP contribution in [0.1, 0.15) is 25.3 Å². The average molecular weight is 683 g/mol. The lowest BCUT2D eigenvalue weighted by molar-refractivity contribution is 0.864. The predicted molar refractivity (Wildman–Crippen MR) is 134 cm³/mol. The third kappa shape index (κ3) is 4.93. The lowest BCUT2D eigenvalue weighted by Gasteiger charge is -2.11. The van der Waals surface area contributed by atoms with Crippen molar-refractivity contribution in [2.75, 3.05) is 0 Å². The second kappa shape index (κ2) is 8.93. The summed E-state index contributed by atoms with van der Waals surface area (Å²) in [5, 5.41) is 0. The van der Waals surface area contributed by atoms with Crippen LogP contribution in [0.2, 0.25) is 0 Å². The van der Waals surface area contributed by atoms with Crippen LogP contribution in [0.5, 0.6) is 0 Å². The van der Waals surface area contributed by atoms with Crippen LogP contribution in [0.4, 0.5) is 0 Å². The molecule has 0 aromatic heterocycles. The number of halogens is 3. The van der Waals surface area contributed by atoms with Crippen LogP contribution < -0.4 is 0 Å². The summed E-state index contributed by atoms with van der Waals surface area (Å²) in [5.74, 6) is 0.563. The summed E-state index contributed by atoms with van der Waals surface area (Å²) in [6, 6.07) is 25.0. The fourth-order valence-corrected chi connectivity index (χ4v) is 6.07. The minimum Gasteiger partial charge on any atom is -0.0587 e. The van der Waals surface area contributed by atoms with E-state index in [0.29, 0.717) is 5.92 Å². The monoisotopic (exact) mass is 683 g/mol. The van der Waals surface area contributed by atoms with Gasteiger partial charge in [-0.1, -0.05) is 26.0 Å². The van der Waals surface area contributed by atoms with Crippen molar-refractivity contribution in [3.05, 3.63) is 83.0 Å². The van der Waals surface area contributed by atoms with Gasteiger partial charge in [0.2, 0.25) is 0 Å². The predicted octanol–water partition coefficient (Wildman–Crippen LogP) is 7.72. The van der Waals surface area contributed by atoms with Gasteiger partial charge in [0.25, 0.3) is 0 Å². The Kier molecular flexibility index (Phi) is 7.12. The summed E-state index contributed by atoms with van der Waals surface area (Å²) in [6.45, 7) is 4.49. The second-order valence-electron chi connectivity index (χ2n) is 6.06. The van der Waals surface area contributed by atoms with Gasteiger partial charge in [-0.25, -0.2) is 0 Å². The van der Waals surface area contributed by atoms with Crippen LogP contribution in [-0.4, -0.2) is 0 Å². The van der Waals surface area contributed by atoms with E-state index in [1.165, 1.54) is 31.0 Å². The van der Waals surface area contributed by atoms with Gasteiger partial charge in [0, 0.05) is 16.8 Å². The number of hydrogen-bond acceptors (Lipinski definition) is 0. The minimum atomic E-state index is -0.0744. The zero-order valence-electron chi connectivity index (χ0n) is 14.0. The van der Waals surface area contributed by atoms with Crippen LogP contribution in [0, 0.1) is 10.7 Å². The highest BCUT2D eigenvalue weighted by atomic mass is 127. The fraction of sp³-hybridized carbons (Fsp3) is 0.143. The highest BCUT2D eigenvalue weighted by Crippen LogP contribution is 2.33. The van der Waals surface area contributed by atoms with Crippen LogP contribution >= 0.6 is 67.8 Å². The molecular formula is C21H18I3S+. The van der Waals surface area contributed by atoms with Crippen LogP contribution in [-0.2, 0) is 10.9 Å². The van der Waals surface area contributed by atoms with Crippen molar-refractivity contribution in [1.82, 2.24) is 0 Å². The first kappa shape index (κ1) is 19.9. The van der Waals surface area contributed by atoms with E-state index in [4.69, 9.17) is 0 Å². The molecule has 0 amide bonds. The number of benzene rings is 3. The highest BCUT2D eigenvalue weighted by molar-refractivity contribution is 14.1. The van der Waals surface area contributed by atoms with Gasteiger partial charge in [0.1, 0.15) is 0 Å². The Hall–Kier alpha value is 0.200. The molecule has 0 fully saturated rings. The van der Waals surface area contributed by atoms with Gasteiger partial charge in [-0.3, -0.25) is 0 Å². The molecule has 128 valence electrons. The maximum Gasteiger partial charge on any atom is 0.167 e. The summed E-state index contributed by atoms with van der Waals surface area (Å²) in [5.41, 5.74) is 1.40. The van der Waals surface area contributed by atoms with Gasteiger partial charge in [-0.2, -0.15) is 0 Å². The van der Waals surface area contributed by atoms with Crippen molar-refractivity contribution in [3.63, 3.8) is 0 Å². The Morgan fingerprint density at radius 2 is 1.16 bits per heavy atom. The van der Waals surface area contributed by atoms with Gasteiger partial charge in [0.15, 0.2) is 14.7 Å². The zero-order chi connectivity index (χ0) is 18.0. The summed E-state index contributed by atoms with van der Waals surface area (Å²) < 4.78 is 3.90. The summed E-state index contributed by atoms with van der Waals surface area (Å²) in [4.78, 5) is 4.13. The van der Waals surface area contributed by atoms with Crippen molar-refractivity contribution in [2.45, 2.75) is 34.5 Å². The second-order valence-corrected chi connectivity index (χ2v) is 11.7. The Labute approximate surface area is 194 Å². The van der Waals surface area contributed by atoms with E-state index in [-0.39, 0.29) is 10.9 Å². The maximum atomic E-state index is 2.44. The molecule has 0 aliphatic heterocycles. The van der Waals surface area contributed by atoms with Crippen LogP contribution in [0.3, 0.4) is 0 Å². The molecule has 25 heavy (non-hydrogen) atoms.